The first kappa shape index (κ1) is 11.0. The van der Waals surface area contributed by atoms with Gasteiger partial charge in [0.1, 0.15) is 0 Å². The van der Waals surface area contributed by atoms with Crippen LogP contribution >= 0.6 is 0 Å². The molecule has 0 aliphatic carbocycles. The molecule has 1 rings (SSSR count). The molecule has 3 nitrogen and oxygen atoms in total. The second-order valence-electron chi connectivity index (χ2n) is 3.90. The number of nitrogens with one attached hydrogen (secondary N) is 1. The minimum Gasteiger partial charge on any atom is -0.392 e. The van der Waals surface area contributed by atoms with Gasteiger partial charge >= 0.3 is 0 Å². The summed E-state index contributed by atoms with van der Waals surface area (Å²) < 4.78 is 5.34. The van der Waals surface area contributed by atoms with E-state index in [0.717, 1.165) is 26.1 Å². The summed E-state index contributed by atoms with van der Waals surface area (Å²) in [6.07, 6.45) is 2.02. The van der Waals surface area contributed by atoms with Crippen molar-refractivity contribution in [3.8, 4) is 0 Å². The van der Waals surface area contributed by atoms with Gasteiger partial charge in [0.2, 0.25) is 0 Å². The summed E-state index contributed by atoms with van der Waals surface area (Å²) in [6, 6.07) is 0.511. The van der Waals surface area contributed by atoms with Crippen LogP contribution in [0.5, 0.6) is 0 Å². The van der Waals surface area contributed by atoms with Gasteiger partial charge in [0.05, 0.1) is 12.7 Å². The SMILES string of the molecule is CCC(NC[C@@H](C)O)C1CCOC1. The molecule has 1 aliphatic heterocycles. The van der Waals surface area contributed by atoms with Crippen molar-refractivity contribution in [2.45, 2.75) is 38.8 Å². The van der Waals surface area contributed by atoms with Gasteiger partial charge in [-0.25, -0.2) is 0 Å². The first-order chi connectivity index (χ1) is 6.24. The molecule has 0 aromatic carbocycles. The zero-order valence-corrected chi connectivity index (χ0v) is 8.62. The van der Waals surface area contributed by atoms with E-state index >= 15 is 0 Å². The van der Waals surface area contributed by atoms with Gasteiger partial charge in [-0.1, -0.05) is 6.92 Å². The Balaban J connectivity index is 2.24. The van der Waals surface area contributed by atoms with E-state index in [1.807, 2.05) is 6.92 Å². The van der Waals surface area contributed by atoms with Crippen LogP contribution in [-0.2, 0) is 4.74 Å². The van der Waals surface area contributed by atoms with Crippen molar-refractivity contribution < 1.29 is 9.84 Å². The predicted molar refractivity (Wildman–Crippen MR) is 52.7 cm³/mol. The van der Waals surface area contributed by atoms with Crippen molar-refractivity contribution in [1.82, 2.24) is 5.32 Å². The molecule has 0 spiro atoms. The van der Waals surface area contributed by atoms with Crippen molar-refractivity contribution >= 4 is 0 Å². The molecule has 1 heterocycles. The highest BCUT2D eigenvalue weighted by atomic mass is 16.5. The van der Waals surface area contributed by atoms with Gasteiger partial charge in [-0.15, -0.1) is 0 Å². The lowest BCUT2D eigenvalue weighted by atomic mass is 9.97. The highest BCUT2D eigenvalue weighted by molar-refractivity contribution is 4.78. The van der Waals surface area contributed by atoms with Crippen molar-refractivity contribution in [2.24, 2.45) is 5.92 Å². The molecule has 1 fully saturated rings. The van der Waals surface area contributed by atoms with E-state index in [-0.39, 0.29) is 6.10 Å². The first-order valence-corrected chi connectivity index (χ1v) is 5.23. The summed E-state index contributed by atoms with van der Waals surface area (Å²) in [7, 11) is 0. The van der Waals surface area contributed by atoms with E-state index in [1.165, 1.54) is 0 Å². The maximum Gasteiger partial charge on any atom is 0.0636 e. The molecule has 13 heavy (non-hydrogen) atoms. The van der Waals surface area contributed by atoms with E-state index in [0.29, 0.717) is 18.5 Å². The van der Waals surface area contributed by atoms with E-state index in [1.54, 1.807) is 0 Å². The number of aliphatic hydroxyl groups is 1. The van der Waals surface area contributed by atoms with E-state index in [4.69, 9.17) is 9.84 Å². The Hall–Kier alpha value is -0.120. The van der Waals surface area contributed by atoms with E-state index in [2.05, 4.69) is 12.2 Å². The molecule has 2 N–H and O–H groups in total. The van der Waals surface area contributed by atoms with Crippen molar-refractivity contribution in [3.05, 3.63) is 0 Å². The molecule has 0 bridgehead atoms. The average Bonchev–Trinajstić information content (AvgIpc) is 2.58. The standard InChI is InChI=1S/C10H21NO2/c1-3-10(11-6-8(2)12)9-4-5-13-7-9/h8-12H,3-7H2,1-2H3/t8-,9?,10?/m1/s1. The maximum absolute atomic E-state index is 9.15. The minimum atomic E-state index is -0.253. The number of rotatable bonds is 5. The van der Waals surface area contributed by atoms with Gasteiger partial charge in [-0.2, -0.15) is 0 Å². The average molecular weight is 187 g/mol. The van der Waals surface area contributed by atoms with E-state index in [9.17, 15) is 0 Å². The summed E-state index contributed by atoms with van der Waals surface area (Å²) in [4.78, 5) is 0. The molecule has 0 amide bonds. The van der Waals surface area contributed by atoms with Crippen LogP contribution in [0.25, 0.3) is 0 Å². The number of aliphatic hydroxyl groups excluding tert-OH is 1. The van der Waals surface area contributed by atoms with Gasteiger partial charge < -0.3 is 15.2 Å². The van der Waals surface area contributed by atoms with E-state index < -0.39 is 0 Å². The van der Waals surface area contributed by atoms with Crippen molar-refractivity contribution in [1.29, 1.82) is 0 Å². The lowest BCUT2D eigenvalue weighted by Gasteiger charge is -2.23. The van der Waals surface area contributed by atoms with Gasteiger partial charge in [-0.3, -0.25) is 0 Å². The van der Waals surface area contributed by atoms with Gasteiger partial charge in [0.15, 0.2) is 0 Å². The van der Waals surface area contributed by atoms with Crippen LogP contribution in [0.15, 0.2) is 0 Å². The molecular formula is C10H21NO2. The second-order valence-corrected chi connectivity index (χ2v) is 3.90. The summed E-state index contributed by atoms with van der Waals surface area (Å²) in [6.45, 7) is 6.46. The molecule has 0 aromatic rings. The van der Waals surface area contributed by atoms with Crippen LogP contribution in [0, 0.1) is 5.92 Å². The molecule has 0 saturated carbocycles. The summed E-state index contributed by atoms with van der Waals surface area (Å²) in [5.41, 5.74) is 0. The largest absolute Gasteiger partial charge is 0.392 e. The van der Waals surface area contributed by atoms with Crippen LogP contribution in [0.2, 0.25) is 0 Å². The monoisotopic (exact) mass is 187 g/mol. The Morgan fingerprint density at radius 3 is 2.85 bits per heavy atom. The lowest BCUT2D eigenvalue weighted by Crippen LogP contribution is -2.39. The van der Waals surface area contributed by atoms with Crippen LogP contribution < -0.4 is 5.32 Å². The molecule has 3 atom stereocenters. The van der Waals surface area contributed by atoms with Crippen LogP contribution in [0.4, 0.5) is 0 Å². The summed E-state index contributed by atoms with van der Waals surface area (Å²) in [5.74, 6) is 0.642. The molecule has 0 radical (unpaired) electrons. The van der Waals surface area contributed by atoms with Gasteiger partial charge in [0.25, 0.3) is 0 Å². The van der Waals surface area contributed by atoms with Crippen LogP contribution in [-0.4, -0.2) is 37.0 Å². The zero-order chi connectivity index (χ0) is 9.68. The number of ether oxygens (including phenoxy) is 1. The molecule has 1 aliphatic rings. The van der Waals surface area contributed by atoms with Crippen LogP contribution in [0.1, 0.15) is 26.7 Å². The quantitative estimate of drug-likeness (QED) is 0.668. The Morgan fingerprint density at radius 2 is 2.38 bits per heavy atom. The van der Waals surface area contributed by atoms with Gasteiger partial charge in [0, 0.05) is 19.2 Å². The summed E-state index contributed by atoms with van der Waals surface area (Å²) >= 11 is 0. The normalized spacial score (nSPS) is 27.5. The van der Waals surface area contributed by atoms with Crippen LogP contribution in [0.3, 0.4) is 0 Å². The molecule has 78 valence electrons. The third kappa shape index (κ3) is 3.63. The smallest absolute Gasteiger partial charge is 0.0636 e. The maximum atomic E-state index is 9.15. The minimum absolute atomic E-state index is 0.253. The number of hydrogen-bond acceptors (Lipinski definition) is 3. The number of hydrogen-bond donors (Lipinski definition) is 2. The fraction of sp³-hybridized carbons (Fsp3) is 1.00. The molecule has 3 heteroatoms. The summed E-state index contributed by atoms with van der Waals surface area (Å²) in [5, 5.41) is 12.5. The highest BCUT2D eigenvalue weighted by Crippen LogP contribution is 2.18. The second kappa shape index (κ2) is 5.58. The lowest BCUT2D eigenvalue weighted by molar-refractivity contribution is 0.160. The highest BCUT2D eigenvalue weighted by Gasteiger charge is 2.23. The third-order valence-corrected chi connectivity index (χ3v) is 2.65. The van der Waals surface area contributed by atoms with Crippen molar-refractivity contribution in [3.63, 3.8) is 0 Å². The Kier molecular flexibility index (Phi) is 4.70. The third-order valence-electron chi connectivity index (χ3n) is 2.65. The first-order valence-electron chi connectivity index (χ1n) is 5.23. The molecule has 2 unspecified atom stereocenters. The van der Waals surface area contributed by atoms with Gasteiger partial charge in [-0.05, 0) is 25.7 Å². The molecule has 1 saturated heterocycles. The fourth-order valence-corrected chi connectivity index (χ4v) is 1.84. The van der Waals surface area contributed by atoms with Crippen molar-refractivity contribution in [2.75, 3.05) is 19.8 Å². The Labute approximate surface area is 80.5 Å². The Bertz CT molecular complexity index is 133. The fourth-order valence-electron chi connectivity index (χ4n) is 1.84. The Morgan fingerprint density at radius 1 is 1.62 bits per heavy atom. The predicted octanol–water partition coefficient (Wildman–Crippen LogP) is 0.772. The zero-order valence-electron chi connectivity index (χ0n) is 8.62. The topological polar surface area (TPSA) is 41.5 Å². The molecule has 0 aromatic heterocycles. The molecular weight excluding hydrogens is 166 g/mol.